The van der Waals surface area contributed by atoms with E-state index in [1.54, 1.807) is 18.2 Å². The maximum Gasteiger partial charge on any atom is 0.225 e. The van der Waals surface area contributed by atoms with Gasteiger partial charge in [-0.05, 0) is 41.0 Å². The van der Waals surface area contributed by atoms with Gasteiger partial charge in [0.2, 0.25) is 5.91 Å². The third kappa shape index (κ3) is 4.37. The highest BCUT2D eigenvalue weighted by molar-refractivity contribution is 8.02. The average molecular weight is 431 g/mol. The summed E-state index contributed by atoms with van der Waals surface area (Å²) in [4.78, 5) is 12.5. The fourth-order valence-corrected chi connectivity index (χ4v) is 4.89. The minimum Gasteiger partial charge on any atom is -0.504 e. The molecule has 3 aromatic carbocycles. The van der Waals surface area contributed by atoms with Crippen LogP contribution in [-0.2, 0) is 10.5 Å². The van der Waals surface area contributed by atoms with Gasteiger partial charge in [-0.15, -0.1) is 11.8 Å². The molecule has 0 aromatic heterocycles. The highest BCUT2D eigenvalue weighted by atomic mass is 32.2. The van der Waals surface area contributed by atoms with Gasteiger partial charge in [-0.2, -0.15) is 5.26 Å². The molecule has 1 unspecified atom stereocenters. The zero-order chi connectivity index (χ0) is 21.8. The van der Waals surface area contributed by atoms with E-state index in [0.717, 1.165) is 21.9 Å². The van der Waals surface area contributed by atoms with Crippen LogP contribution in [0.15, 0.2) is 71.3 Å². The number of phenols is 1. The summed E-state index contributed by atoms with van der Waals surface area (Å²) in [5.74, 6) is 0.519. The number of carbonyl (C=O) groups is 1. The molecule has 2 N–H and O–H groups in total. The van der Waals surface area contributed by atoms with Crippen LogP contribution in [0.25, 0.3) is 10.8 Å². The quantitative estimate of drug-likeness (QED) is 0.561. The molecule has 156 valence electrons. The van der Waals surface area contributed by atoms with Crippen molar-refractivity contribution < 1.29 is 14.6 Å². The van der Waals surface area contributed by atoms with Gasteiger partial charge in [0.1, 0.15) is 0 Å². The molecule has 1 heterocycles. The third-order valence-electron chi connectivity index (χ3n) is 5.29. The standard InChI is InChI=1S/C25H22N2O3S/c1-2-30-23-12-17(10-11-22(23)28)20-13-24(29)27-25(21(20)14-26)31-15-18-8-5-7-16-6-3-4-9-19(16)18/h3-12,20,28H,2,13,15H2,1H3,(H,27,29). The molecule has 6 heteroatoms. The Morgan fingerprint density at radius 3 is 2.81 bits per heavy atom. The normalized spacial score (nSPS) is 16.1. The molecule has 1 aliphatic heterocycles. The van der Waals surface area contributed by atoms with Crippen LogP contribution in [0.3, 0.4) is 0 Å². The fraction of sp³-hybridized carbons (Fsp3) is 0.200. The first-order valence-electron chi connectivity index (χ1n) is 10.1. The number of thioether (sulfide) groups is 1. The lowest BCUT2D eigenvalue weighted by molar-refractivity contribution is -0.120. The maximum atomic E-state index is 12.5. The van der Waals surface area contributed by atoms with E-state index in [-0.39, 0.29) is 24.0 Å². The highest BCUT2D eigenvalue weighted by Gasteiger charge is 2.30. The number of carbonyl (C=O) groups excluding carboxylic acids is 1. The summed E-state index contributed by atoms with van der Waals surface area (Å²) in [6.45, 7) is 2.25. The third-order valence-corrected chi connectivity index (χ3v) is 6.36. The van der Waals surface area contributed by atoms with E-state index in [9.17, 15) is 15.2 Å². The van der Waals surface area contributed by atoms with Crippen molar-refractivity contribution in [1.29, 1.82) is 5.26 Å². The number of fused-ring (bicyclic) bond motifs is 1. The summed E-state index contributed by atoms with van der Waals surface area (Å²) in [5.41, 5.74) is 2.45. The van der Waals surface area contributed by atoms with Crippen molar-refractivity contribution in [3.63, 3.8) is 0 Å². The maximum absolute atomic E-state index is 12.5. The number of ether oxygens (including phenoxy) is 1. The van der Waals surface area contributed by atoms with E-state index in [4.69, 9.17) is 4.74 Å². The first-order chi connectivity index (χ1) is 15.1. The van der Waals surface area contributed by atoms with Crippen LogP contribution in [0.5, 0.6) is 11.5 Å². The molecule has 4 rings (SSSR count). The van der Waals surface area contributed by atoms with E-state index in [1.165, 1.54) is 11.8 Å². The van der Waals surface area contributed by atoms with Crippen LogP contribution >= 0.6 is 11.8 Å². The topological polar surface area (TPSA) is 82.3 Å². The summed E-state index contributed by atoms with van der Waals surface area (Å²) in [7, 11) is 0. The van der Waals surface area contributed by atoms with Crippen molar-refractivity contribution in [2.45, 2.75) is 25.0 Å². The predicted molar refractivity (Wildman–Crippen MR) is 123 cm³/mol. The van der Waals surface area contributed by atoms with Crippen molar-refractivity contribution in [3.8, 4) is 17.6 Å². The first-order valence-corrected chi connectivity index (χ1v) is 11.1. The molecule has 1 atom stereocenters. The van der Waals surface area contributed by atoms with Crippen LogP contribution < -0.4 is 10.1 Å². The van der Waals surface area contributed by atoms with Crippen molar-refractivity contribution >= 4 is 28.4 Å². The van der Waals surface area contributed by atoms with Gasteiger partial charge in [-0.25, -0.2) is 0 Å². The number of phenolic OH excluding ortho intramolecular Hbond substituents is 1. The number of hydrogen-bond acceptors (Lipinski definition) is 5. The zero-order valence-corrected chi connectivity index (χ0v) is 17.9. The van der Waals surface area contributed by atoms with E-state index < -0.39 is 0 Å². The Kier molecular flexibility index (Phi) is 6.15. The Balaban J connectivity index is 1.66. The van der Waals surface area contributed by atoms with E-state index in [1.807, 2.05) is 25.1 Å². The molecular weight excluding hydrogens is 408 g/mol. The van der Waals surface area contributed by atoms with Gasteiger partial charge in [0.05, 0.1) is 23.3 Å². The molecule has 0 spiro atoms. The second-order valence-corrected chi connectivity index (χ2v) is 8.23. The number of rotatable bonds is 6. The van der Waals surface area contributed by atoms with Gasteiger partial charge < -0.3 is 15.2 Å². The minimum atomic E-state index is -0.381. The highest BCUT2D eigenvalue weighted by Crippen LogP contribution is 2.40. The van der Waals surface area contributed by atoms with Crippen LogP contribution in [-0.4, -0.2) is 17.6 Å². The first kappa shape index (κ1) is 20.8. The van der Waals surface area contributed by atoms with E-state index in [2.05, 4.69) is 35.7 Å². The second kappa shape index (κ2) is 9.15. The Morgan fingerprint density at radius 1 is 1.19 bits per heavy atom. The molecule has 5 nitrogen and oxygen atoms in total. The van der Waals surface area contributed by atoms with Gasteiger partial charge in [-0.1, -0.05) is 48.5 Å². The van der Waals surface area contributed by atoms with E-state index in [0.29, 0.717) is 28.7 Å². The number of allylic oxidation sites excluding steroid dienone is 1. The molecule has 1 amide bonds. The molecule has 3 aromatic rings. The van der Waals surface area contributed by atoms with Crippen molar-refractivity contribution in [2.24, 2.45) is 0 Å². The fourth-order valence-electron chi connectivity index (χ4n) is 3.80. The second-order valence-electron chi connectivity index (χ2n) is 7.25. The molecular formula is C25H22N2O3S. The molecule has 1 aliphatic rings. The predicted octanol–water partition coefficient (Wildman–Crippen LogP) is 5.22. The van der Waals surface area contributed by atoms with Crippen molar-refractivity contribution in [1.82, 2.24) is 5.32 Å². The molecule has 0 saturated carbocycles. The number of nitrogens with one attached hydrogen (secondary N) is 1. The Morgan fingerprint density at radius 2 is 2.00 bits per heavy atom. The summed E-state index contributed by atoms with van der Waals surface area (Å²) in [6, 6.07) is 21.6. The molecule has 0 saturated heterocycles. The smallest absolute Gasteiger partial charge is 0.225 e. The minimum absolute atomic E-state index is 0.0407. The van der Waals surface area contributed by atoms with Gasteiger partial charge in [0, 0.05) is 18.1 Å². The van der Waals surface area contributed by atoms with Gasteiger partial charge in [-0.3, -0.25) is 4.79 Å². The van der Waals surface area contributed by atoms with Gasteiger partial charge >= 0.3 is 0 Å². The summed E-state index contributed by atoms with van der Waals surface area (Å²) >= 11 is 1.46. The average Bonchev–Trinajstić information content (AvgIpc) is 2.79. The molecule has 0 aliphatic carbocycles. The Labute approximate surface area is 185 Å². The Bertz CT molecular complexity index is 1210. The lowest BCUT2D eigenvalue weighted by Crippen LogP contribution is -2.30. The zero-order valence-electron chi connectivity index (χ0n) is 17.1. The van der Waals surface area contributed by atoms with Crippen LogP contribution in [0, 0.1) is 11.3 Å². The van der Waals surface area contributed by atoms with Crippen LogP contribution in [0.2, 0.25) is 0 Å². The lowest BCUT2D eigenvalue weighted by Gasteiger charge is -2.25. The lowest BCUT2D eigenvalue weighted by atomic mass is 9.87. The number of benzene rings is 3. The number of amides is 1. The molecule has 0 fully saturated rings. The SMILES string of the molecule is CCOc1cc(C2CC(=O)NC(SCc3cccc4ccccc34)=C2C#N)ccc1O. The summed E-state index contributed by atoms with van der Waals surface area (Å²) in [6.07, 6.45) is 0.178. The van der Waals surface area contributed by atoms with Crippen molar-refractivity contribution in [3.05, 3.63) is 82.4 Å². The van der Waals surface area contributed by atoms with Crippen LogP contribution in [0.1, 0.15) is 30.4 Å². The number of hydrogen-bond donors (Lipinski definition) is 2. The number of nitrogens with zero attached hydrogens (tertiary/aromatic N) is 1. The van der Waals surface area contributed by atoms with Crippen LogP contribution in [0.4, 0.5) is 0 Å². The number of nitriles is 1. The monoisotopic (exact) mass is 430 g/mol. The van der Waals surface area contributed by atoms with Crippen molar-refractivity contribution in [2.75, 3.05) is 6.61 Å². The van der Waals surface area contributed by atoms with Gasteiger partial charge in [0.25, 0.3) is 0 Å². The van der Waals surface area contributed by atoms with Gasteiger partial charge in [0.15, 0.2) is 11.5 Å². The Hall–Kier alpha value is -3.43. The largest absolute Gasteiger partial charge is 0.504 e. The molecule has 31 heavy (non-hydrogen) atoms. The molecule has 0 bridgehead atoms. The summed E-state index contributed by atoms with van der Waals surface area (Å²) in [5, 5.41) is 25.7. The summed E-state index contributed by atoms with van der Waals surface area (Å²) < 4.78 is 5.48. The molecule has 0 radical (unpaired) electrons. The number of aromatic hydroxyl groups is 1. The van der Waals surface area contributed by atoms with E-state index >= 15 is 0 Å².